The van der Waals surface area contributed by atoms with Crippen molar-refractivity contribution in [2.75, 3.05) is 13.1 Å². The normalized spacial score (nSPS) is 32.1. The Hall–Kier alpha value is -1.12. The third-order valence-corrected chi connectivity index (χ3v) is 3.95. The number of rotatable bonds is 3. The highest BCUT2D eigenvalue weighted by Gasteiger charge is 2.40. The van der Waals surface area contributed by atoms with Crippen molar-refractivity contribution in [1.82, 2.24) is 10.6 Å². The summed E-state index contributed by atoms with van der Waals surface area (Å²) in [5, 5.41) is 7.32. The van der Waals surface area contributed by atoms with Gasteiger partial charge in [0.1, 0.15) is 0 Å². The van der Waals surface area contributed by atoms with Gasteiger partial charge in [-0.05, 0) is 24.8 Å². The Bertz CT molecular complexity index is 395. The summed E-state index contributed by atoms with van der Waals surface area (Å²) in [5.41, 5.74) is 1.62. The lowest BCUT2D eigenvalue weighted by Crippen LogP contribution is -2.57. The molecule has 0 saturated carbocycles. The standard InChI is InChI=1S/C15H20N2/c1-2-5-13(6-3-1)7-4-9-15-10-8-14(17-15)11-16-12-15/h1-7,14,16-17H,8-12H2/b7-4+. The summed E-state index contributed by atoms with van der Waals surface area (Å²) in [6, 6.07) is 11.2. The number of fused-ring (bicyclic) bond motifs is 2. The van der Waals surface area contributed by atoms with E-state index in [9.17, 15) is 0 Å². The largest absolute Gasteiger partial charge is 0.313 e. The lowest BCUT2D eigenvalue weighted by Gasteiger charge is -2.34. The van der Waals surface area contributed by atoms with Crippen molar-refractivity contribution in [1.29, 1.82) is 0 Å². The van der Waals surface area contributed by atoms with Crippen LogP contribution in [0.2, 0.25) is 0 Å². The van der Waals surface area contributed by atoms with E-state index in [1.807, 2.05) is 0 Å². The van der Waals surface area contributed by atoms with Crippen molar-refractivity contribution in [2.45, 2.75) is 30.8 Å². The molecule has 2 N–H and O–H groups in total. The van der Waals surface area contributed by atoms with Gasteiger partial charge >= 0.3 is 0 Å². The van der Waals surface area contributed by atoms with E-state index >= 15 is 0 Å². The van der Waals surface area contributed by atoms with Crippen molar-refractivity contribution >= 4 is 6.08 Å². The summed E-state index contributed by atoms with van der Waals surface area (Å²) in [6.07, 6.45) is 8.32. The fraction of sp³-hybridized carbons (Fsp3) is 0.467. The van der Waals surface area contributed by atoms with E-state index in [-0.39, 0.29) is 0 Å². The van der Waals surface area contributed by atoms with E-state index in [0.717, 1.165) is 19.5 Å². The maximum absolute atomic E-state index is 3.78. The number of hydrogen-bond acceptors (Lipinski definition) is 2. The van der Waals surface area contributed by atoms with Gasteiger partial charge in [0.15, 0.2) is 0 Å². The average Bonchev–Trinajstić information content (AvgIpc) is 2.66. The van der Waals surface area contributed by atoms with Crippen LogP contribution in [0.1, 0.15) is 24.8 Å². The predicted molar refractivity (Wildman–Crippen MR) is 71.9 cm³/mol. The van der Waals surface area contributed by atoms with Gasteiger partial charge in [0.05, 0.1) is 0 Å². The van der Waals surface area contributed by atoms with Crippen LogP contribution >= 0.6 is 0 Å². The molecule has 1 aromatic carbocycles. The van der Waals surface area contributed by atoms with E-state index in [1.54, 1.807) is 0 Å². The quantitative estimate of drug-likeness (QED) is 0.828. The molecule has 1 aromatic rings. The Kier molecular flexibility index (Phi) is 3.00. The fourth-order valence-electron chi connectivity index (χ4n) is 3.02. The molecule has 2 nitrogen and oxygen atoms in total. The first kappa shape index (κ1) is 11.0. The Balaban J connectivity index is 1.62. The zero-order valence-electron chi connectivity index (χ0n) is 10.2. The zero-order valence-corrected chi connectivity index (χ0v) is 10.2. The maximum Gasteiger partial charge on any atom is 0.0344 e. The van der Waals surface area contributed by atoms with Crippen LogP contribution in [0.5, 0.6) is 0 Å². The summed E-state index contributed by atoms with van der Waals surface area (Å²) < 4.78 is 0. The Morgan fingerprint density at radius 3 is 3.06 bits per heavy atom. The second-order valence-corrected chi connectivity index (χ2v) is 5.31. The first-order valence-corrected chi connectivity index (χ1v) is 6.56. The second kappa shape index (κ2) is 4.63. The van der Waals surface area contributed by atoms with Crippen LogP contribution in [0.15, 0.2) is 36.4 Å². The lowest BCUT2D eigenvalue weighted by atomic mass is 9.93. The molecule has 2 aliphatic heterocycles. The highest BCUT2D eigenvalue weighted by Crippen LogP contribution is 2.29. The van der Waals surface area contributed by atoms with Gasteiger partial charge in [0.2, 0.25) is 0 Å². The van der Waals surface area contributed by atoms with Gasteiger partial charge in [0, 0.05) is 24.7 Å². The van der Waals surface area contributed by atoms with Crippen LogP contribution in [0.3, 0.4) is 0 Å². The number of hydrogen-bond donors (Lipinski definition) is 2. The molecular weight excluding hydrogens is 208 g/mol. The molecule has 2 unspecified atom stereocenters. The monoisotopic (exact) mass is 228 g/mol. The van der Waals surface area contributed by atoms with Gasteiger partial charge in [-0.25, -0.2) is 0 Å². The van der Waals surface area contributed by atoms with E-state index in [2.05, 4.69) is 53.1 Å². The molecule has 0 amide bonds. The van der Waals surface area contributed by atoms with Gasteiger partial charge in [-0.2, -0.15) is 0 Å². The maximum atomic E-state index is 3.78. The molecule has 90 valence electrons. The number of nitrogens with one attached hydrogen (secondary N) is 2. The second-order valence-electron chi connectivity index (χ2n) is 5.31. The van der Waals surface area contributed by atoms with Crippen LogP contribution in [0.25, 0.3) is 6.08 Å². The molecule has 2 saturated heterocycles. The molecule has 3 rings (SSSR count). The molecule has 2 heteroatoms. The third kappa shape index (κ3) is 2.43. The Morgan fingerprint density at radius 1 is 1.29 bits per heavy atom. The molecule has 2 aliphatic rings. The lowest BCUT2D eigenvalue weighted by molar-refractivity contribution is 0.297. The van der Waals surface area contributed by atoms with Gasteiger partial charge in [-0.15, -0.1) is 0 Å². The van der Waals surface area contributed by atoms with Crippen LogP contribution in [-0.2, 0) is 0 Å². The van der Waals surface area contributed by atoms with Crippen molar-refractivity contribution in [3.05, 3.63) is 42.0 Å². The predicted octanol–water partition coefficient (Wildman–Crippen LogP) is 2.18. The van der Waals surface area contributed by atoms with Crippen molar-refractivity contribution in [2.24, 2.45) is 0 Å². The van der Waals surface area contributed by atoms with Gasteiger partial charge in [-0.1, -0.05) is 42.5 Å². The highest BCUT2D eigenvalue weighted by molar-refractivity contribution is 5.48. The molecule has 2 bridgehead atoms. The summed E-state index contributed by atoms with van der Waals surface area (Å²) in [4.78, 5) is 0. The molecule has 0 spiro atoms. The number of benzene rings is 1. The topological polar surface area (TPSA) is 24.1 Å². The Labute approximate surface area is 103 Å². The van der Waals surface area contributed by atoms with Crippen molar-refractivity contribution < 1.29 is 0 Å². The van der Waals surface area contributed by atoms with Gasteiger partial charge in [0.25, 0.3) is 0 Å². The van der Waals surface area contributed by atoms with E-state index in [4.69, 9.17) is 0 Å². The van der Waals surface area contributed by atoms with Crippen LogP contribution in [-0.4, -0.2) is 24.7 Å². The van der Waals surface area contributed by atoms with Crippen LogP contribution in [0.4, 0.5) is 0 Å². The van der Waals surface area contributed by atoms with Crippen LogP contribution < -0.4 is 10.6 Å². The fourth-order valence-corrected chi connectivity index (χ4v) is 3.02. The van der Waals surface area contributed by atoms with E-state index < -0.39 is 0 Å². The minimum Gasteiger partial charge on any atom is -0.313 e. The van der Waals surface area contributed by atoms with Gasteiger partial charge < -0.3 is 10.6 Å². The first-order valence-electron chi connectivity index (χ1n) is 6.56. The summed E-state index contributed by atoms with van der Waals surface area (Å²) in [7, 11) is 0. The number of piperazine rings is 1. The molecule has 0 aromatic heterocycles. The highest BCUT2D eigenvalue weighted by atomic mass is 15.2. The SMILES string of the molecule is C(=C\c1ccccc1)/CC12CCC(CNC1)N2. The van der Waals surface area contributed by atoms with Gasteiger partial charge in [-0.3, -0.25) is 0 Å². The molecule has 2 atom stereocenters. The van der Waals surface area contributed by atoms with E-state index in [1.165, 1.54) is 18.4 Å². The molecule has 2 fully saturated rings. The third-order valence-electron chi connectivity index (χ3n) is 3.95. The summed E-state index contributed by atoms with van der Waals surface area (Å²) in [6.45, 7) is 2.26. The van der Waals surface area contributed by atoms with Crippen molar-refractivity contribution in [3.8, 4) is 0 Å². The first-order chi connectivity index (χ1) is 8.36. The molecule has 17 heavy (non-hydrogen) atoms. The molecule has 0 radical (unpaired) electrons. The Morgan fingerprint density at radius 2 is 2.18 bits per heavy atom. The van der Waals surface area contributed by atoms with Crippen molar-refractivity contribution in [3.63, 3.8) is 0 Å². The zero-order chi connectivity index (χ0) is 11.6. The minimum atomic E-state index is 0.328. The smallest absolute Gasteiger partial charge is 0.0344 e. The molecule has 2 heterocycles. The summed E-state index contributed by atoms with van der Waals surface area (Å²) in [5.74, 6) is 0. The average molecular weight is 228 g/mol. The molecule has 0 aliphatic carbocycles. The summed E-state index contributed by atoms with van der Waals surface area (Å²) >= 11 is 0. The van der Waals surface area contributed by atoms with E-state index in [0.29, 0.717) is 11.6 Å². The minimum absolute atomic E-state index is 0.328. The van der Waals surface area contributed by atoms with Crippen LogP contribution in [0, 0.1) is 0 Å². The molecular formula is C15H20N2.